The Morgan fingerprint density at radius 1 is 0.967 bits per heavy atom. The summed E-state index contributed by atoms with van der Waals surface area (Å²) in [6.07, 6.45) is 1.11. The van der Waals surface area contributed by atoms with E-state index in [2.05, 4.69) is 5.10 Å². The van der Waals surface area contributed by atoms with Gasteiger partial charge in [-0.3, -0.25) is 24.1 Å². The van der Waals surface area contributed by atoms with Crippen LogP contribution in [0.15, 0.2) is 48.7 Å². The molecule has 3 aromatic rings. The zero-order valence-electron chi connectivity index (χ0n) is 16.8. The number of hydrogen-bond donors (Lipinski definition) is 0. The highest BCUT2D eigenvalue weighted by Crippen LogP contribution is 2.50. The van der Waals surface area contributed by atoms with E-state index in [0.29, 0.717) is 40.5 Å². The van der Waals surface area contributed by atoms with Crippen LogP contribution in [-0.4, -0.2) is 35.8 Å². The second-order valence-electron chi connectivity index (χ2n) is 7.04. The van der Waals surface area contributed by atoms with E-state index in [-0.39, 0.29) is 17.5 Å². The van der Waals surface area contributed by atoms with Gasteiger partial charge in [0.25, 0.3) is 11.8 Å². The summed E-state index contributed by atoms with van der Waals surface area (Å²) in [5.74, 6) is 0.321. The minimum atomic E-state index is -0.635. The van der Waals surface area contributed by atoms with Crippen molar-refractivity contribution in [1.29, 1.82) is 0 Å². The van der Waals surface area contributed by atoms with E-state index in [1.807, 2.05) is 43.3 Å². The molecular formula is C22H20N4O4. The molecule has 0 fully saturated rings. The Morgan fingerprint density at radius 3 is 2.40 bits per heavy atom. The number of benzene rings is 2. The van der Waals surface area contributed by atoms with Gasteiger partial charge in [0.2, 0.25) is 0 Å². The Hall–Kier alpha value is -3.81. The highest BCUT2D eigenvalue weighted by atomic mass is 16.5. The van der Waals surface area contributed by atoms with Gasteiger partial charge in [-0.05, 0) is 25.1 Å². The minimum Gasteiger partial charge on any atom is -0.493 e. The molecule has 2 aromatic carbocycles. The summed E-state index contributed by atoms with van der Waals surface area (Å²) in [7, 11) is 3.03. The van der Waals surface area contributed by atoms with Gasteiger partial charge < -0.3 is 9.47 Å². The number of nitrogens with zero attached hydrogens (tertiary/aromatic N) is 4. The van der Waals surface area contributed by atoms with Gasteiger partial charge in [-0.2, -0.15) is 5.10 Å². The van der Waals surface area contributed by atoms with Crippen molar-refractivity contribution >= 4 is 23.2 Å². The molecule has 0 bridgehead atoms. The number of carbonyl (C=O) groups excluding carboxylic acids is 2. The summed E-state index contributed by atoms with van der Waals surface area (Å²) >= 11 is 0. The SMILES string of the molecule is CCn1cc2c(n1)C(=O)N(c1ccccc1)[C@@H]1c3ccc(OC)c(OC)c3C(=O)N21. The number of carbonyl (C=O) groups is 2. The number of aromatic nitrogens is 2. The third-order valence-electron chi connectivity index (χ3n) is 5.56. The molecule has 0 spiro atoms. The zero-order valence-corrected chi connectivity index (χ0v) is 16.8. The number of amides is 2. The van der Waals surface area contributed by atoms with Crippen LogP contribution in [0, 0.1) is 0 Å². The topological polar surface area (TPSA) is 76.9 Å². The smallest absolute Gasteiger partial charge is 0.282 e. The van der Waals surface area contributed by atoms with Crippen LogP contribution in [0.5, 0.6) is 11.5 Å². The predicted molar refractivity (Wildman–Crippen MR) is 110 cm³/mol. The van der Waals surface area contributed by atoms with E-state index in [1.54, 1.807) is 26.7 Å². The Labute approximate surface area is 173 Å². The number of fused-ring (bicyclic) bond motifs is 5. The van der Waals surface area contributed by atoms with Crippen molar-refractivity contribution in [2.45, 2.75) is 19.6 Å². The summed E-state index contributed by atoms with van der Waals surface area (Å²) in [6.45, 7) is 2.52. The van der Waals surface area contributed by atoms with Gasteiger partial charge in [0, 0.05) is 24.0 Å². The number of rotatable bonds is 4. The van der Waals surface area contributed by atoms with Crippen molar-refractivity contribution in [3.8, 4) is 11.5 Å². The second kappa shape index (κ2) is 6.62. The highest BCUT2D eigenvalue weighted by Gasteiger charge is 2.51. The molecule has 152 valence electrons. The molecule has 1 aromatic heterocycles. The lowest BCUT2D eigenvalue weighted by Crippen LogP contribution is -2.48. The highest BCUT2D eigenvalue weighted by molar-refractivity contribution is 6.21. The first-order valence-electron chi connectivity index (χ1n) is 9.65. The van der Waals surface area contributed by atoms with Crippen molar-refractivity contribution in [1.82, 2.24) is 9.78 Å². The normalized spacial score (nSPS) is 17.0. The van der Waals surface area contributed by atoms with Crippen LogP contribution in [0.3, 0.4) is 0 Å². The number of anilines is 2. The van der Waals surface area contributed by atoms with Crippen LogP contribution in [0.25, 0.3) is 0 Å². The molecule has 2 aliphatic heterocycles. The third kappa shape index (κ3) is 2.30. The van der Waals surface area contributed by atoms with Crippen LogP contribution in [-0.2, 0) is 6.54 Å². The molecule has 0 saturated carbocycles. The van der Waals surface area contributed by atoms with Crippen molar-refractivity contribution in [2.24, 2.45) is 0 Å². The van der Waals surface area contributed by atoms with E-state index in [0.717, 1.165) is 0 Å². The molecule has 0 N–H and O–H groups in total. The Kier molecular flexibility index (Phi) is 4.02. The Bertz CT molecular complexity index is 1170. The zero-order chi connectivity index (χ0) is 21.0. The monoisotopic (exact) mass is 404 g/mol. The first kappa shape index (κ1) is 18.2. The van der Waals surface area contributed by atoms with Crippen molar-refractivity contribution in [3.63, 3.8) is 0 Å². The van der Waals surface area contributed by atoms with Crippen molar-refractivity contribution in [2.75, 3.05) is 24.0 Å². The van der Waals surface area contributed by atoms with Gasteiger partial charge in [0.05, 0.1) is 25.5 Å². The molecule has 2 amide bonds. The molecule has 8 heteroatoms. The maximum atomic E-state index is 13.6. The average Bonchev–Trinajstić information content (AvgIpc) is 3.34. The van der Waals surface area contributed by atoms with Gasteiger partial charge in [0.1, 0.15) is 6.17 Å². The fraction of sp³-hybridized carbons (Fsp3) is 0.227. The van der Waals surface area contributed by atoms with E-state index in [9.17, 15) is 9.59 Å². The molecule has 8 nitrogen and oxygen atoms in total. The average molecular weight is 404 g/mol. The molecule has 0 aliphatic carbocycles. The molecule has 0 saturated heterocycles. The van der Waals surface area contributed by atoms with E-state index >= 15 is 0 Å². The molecular weight excluding hydrogens is 384 g/mol. The first-order chi connectivity index (χ1) is 14.6. The minimum absolute atomic E-state index is 0.250. The fourth-order valence-corrected chi connectivity index (χ4v) is 4.22. The Balaban J connectivity index is 1.80. The lowest BCUT2D eigenvalue weighted by molar-refractivity contribution is 0.0944. The maximum absolute atomic E-state index is 13.6. The number of methoxy groups -OCH3 is 2. The fourth-order valence-electron chi connectivity index (χ4n) is 4.22. The molecule has 1 atom stereocenters. The predicted octanol–water partition coefficient (Wildman–Crippen LogP) is 3.24. The van der Waals surface area contributed by atoms with Gasteiger partial charge in [-0.1, -0.05) is 24.3 Å². The summed E-state index contributed by atoms with van der Waals surface area (Å²) < 4.78 is 12.6. The maximum Gasteiger partial charge on any atom is 0.282 e. The lowest BCUT2D eigenvalue weighted by atomic mass is 10.0. The molecule has 3 heterocycles. The largest absolute Gasteiger partial charge is 0.493 e. The van der Waals surface area contributed by atoms with E-state index < -0.39 is 6.17 Å². The summed E-state index contributed by atoms with van der Waals surface area (Å²) in [4.78, 5) is 30.4. The number of para-hydroxylation sites is 1. The van der Waals surface area contributed by atoms with Crippen molar-refractivity contribution in [3.05, 3.63) is 65.5 Å². The van der Waals surface area contributed by atoms with Crippen LogP contribution in [0.4, 0.5) is 11.4 Å². The molecule has 2 aliphatic rings. The number of aryl methyl sites for hydroxylation is 1. The van der Waals surface area contributed by atoms with E-state index in [1.165, 1.54) is 14.2 Å². The standard InChI is InChI=1S/C22H20N4O4/c1-4-24-12-15-18(23-24)22(28)25(13-8-6-5-7-9-13)20-14-10-11-16(29-2)19(30-3)17(14)21(27)26(15)20/h5-12,20H,4H2,1-3H3/t20-/m0/s1. The lowest BCUT2D eigenvalue weighted by Gasteiger charge is -2.38. The first-order valence-corrected chi connectivity index (χ1v) is 9.65. The van der Waals surface area contributed by atoms with Crippen molar-refractivity contribution < 1.29 is 19.1 Å². The third-order valence-corrected chi connectivity index (χ3v) is 5.56. The summed E-state index contributed by atoms with van der Waals surface area (Å²) in [6, 6.07) is 12.9. The van der Waals surface area contributed by atoms with Gasteiger partial charge in [-0.15, -0.1) is 0 Å². The molecule has 0 radical (unpaired) electrons. The molecule has 30 heavy (non-hydrogen) atoms. The van der Waals surface area contributed by atoms with Crippen LogP contribution < -0.4 is 19.3 Å². The van der Waals surface area contributed by atoms with Gasteiger partial charge in [-0.25, -0.2) is 0 Å². The number of hydrogen-bond acceptors (Lipinski definition) is 5. The van der Waals surface area contributed by atoms with Crippen LogP contribution in [0.1, 0.15) is 39.5 Å². The van der Waals surface area contributed by atoms with E-state index in [4.69, 9.17) is 9.47 Å². The van der Waals surface area contributed by atoms with Crippen LogP contribution in [0.2, 0.25) is 0 Å². The summed E-state index contributed by atoms with van der Waals surface area (Å²) in [5.41, 5.74) is 2.52. The summed E-state index contributed by atoms with van der Waals surface area (Å²) in [5, 5.41) is 4.44. The Morgan fingerprint density at radius 2 is 1.73 bits per heavy atom. The number of ether oxygens (including phenoxy) is 2. The van der Waals surface area contributed by atoms with Crippen LogP contribution >= 0.6 is 0 Å². The molecule has 0 unspecified atom stereocenters. The molecule has 5 rings (SSSR count). The van der Waals surface area contributed by atoms with Gasteiger partial charge >= 0.3 is 0 Å². The second-order valence-corrected chi connectivity index (χ2v) is 7.04. The quantitative estimate of drug-likeness (QED) is 0.667. The van der Waals surface area contributed by atoms with Gasteiger partial charge in [0.15, 0.2) is 17.2 Å².